The quantitative estimate of drug-likeness (QED) is 0.376. The van der Waals surface area contributed by atoms with Crippen LogP contribution in [-0.2, 0) is 0 Å². The van der Waals surface area contributed by atoms with E-state index in [1.165, 1.54) is 11.3 Å². The number of hydrogen-bond acceptors (Lipinski definition) is 5. The summed E-state index contributed by atoms with van der Waals surface area (Å²) in [5, 5.41) is 18.7. The number of aromatic amines is 1. The maximum absolute atomic E-state index is 7.06. The molecule has 0 bridgehead atoms. The number of aryl methyl sites for hydroxylation is 1. The molecule has 0 atom stereocenters. The van der Waals surface area contributed by atoms with Gasteiger partial charge in [-0.3, -0.25) is 10.5 Å². The summed E-state index contributed by atoms with van der Waals surface area (Å²) < 4.78 is 0. The molecule has 2 heterocycles. The lowest BCUT2D eigenvalue weighted by molar-refractivity contribution is 0.992. The molecule has 0 aromatic carbocycles. The van der Waals surface area contributed by atoms with E-state index in [2.05, 4.69) is 25.7 Å². The fourth-order valence-electron chi connectivity index (χ4n) is 1.42. The molecular formula is C10H13N7S. The first kappa shape index (κ1) is 12.2. The van der Waals surface area contributed by atoms with Crippen molar-refractivity contribution in [3.05, 3.63) is 22.8 Å². The van der Waals surface area contributed by atoms with Crippen LogP contribution in [0.3, 0.4) is 0 Å². The second-order valence-corrected chi connectivity index (χ2v) is 4.61. The molecule has 94 valence electrons. The number of nitrogens with zero attached hydrogens (tertiary/aromatic N) is 3. The minimum atomic E-state index is -0.191. The molecular weight excluding hydrogens is 250 g/mol. The average Bonchev–Trinajstić information content (AvgIpc) is 2.94. The monoisotopic (exact) mass is 263 g/mol. The number of hydrogen-bond donors (Lipinski definition) is 4. The van der Waals surface area contributed by atoms with Gasteiger partial charge in [0.15, 0.2) is 0 Å². The van der Waals surface area contributed by atoms with E-state index in [0.717, 1.165) is 27.0 Å². The summed E-state index contributed by atoms with van der Waals surface area (Å²) in [4.78, 5) is 5.39. The highest BCUT2D eigenvalue weighted by atomic mass is 32.1. The van der Waals surface area contributed by atoms with Gasteiger partial charge in [-0.05, 0) is 19.9 Å². The number of guanidine groups is 1. The highest BCUT2D eigenvalue weighted by Gasteiger charge is 2.12. The molecule has 7 nitrogen and oxygen atoms in total. The van der Waals surface area contributed by atoms with Crippen LogP contribution < -0.4 is 11.2 Å². The van der Waals surface area contributed by atoms with Crippen molar-refractivity contribution in [1.82, 2.24) is 20.6 Å². The predicted octanol–water partition coefficient (Wildman–Crippen LogP) is 1.05. The van der Waals surface area contributed by atoms with E-state index in [4.69, 9.17) is 11.1 Å². The van der Waals surface area contributed by atoms with Gasteiger partial charge in [-0.1, -0.05) is 0 Å². The van der Waals surface area contributed by atoms with E-state index in [1.807, 2.05) is 19.9 Å². The van der Waals surface area contributed by atoms with Crippen molar-refractivity contribution < 1.29 is 0 Å². The number of nitrogens with one attached hydrogen (secondary N) is 3. The van der Waals surface area contributed by atoms with Crippen LogP contribution in [0.2, 0.25) is 0 Å². The Morgan fingerprint density at radius 2 is 2.39 bits per heavy atom. The van der Waals surface area contributed by atoms with Crippen molar-refractivity contribution in [3.8, 4) is 10.7 Å². The summed E-state index contributed by atoms with van der Waals surface area (Å²) in [6, 6.07) is 1.86. The lowest BCUT2D eigenvalue weighted by Crippen LogP contribution is -2.26. The van der Waals surface area contributed by atoms with Gasteiger partial charge < -0.3 is 5.73 Å². The van der Waals surface area contributed by atoms with Gasteiger partial charge in [0.05, 0.1) is 16.3 Å². The zero-order chi connectivity index (χ0) is 13.1. The molecule has 0 radical (unpaired) electrons. The summed E-state index contributed by atoms with van der Waals surface area (Å²) in [6.45, 7) is 3.75. The molecule has 0 amide bonds. The maximum Gasteiger partial charge on any atom is 0.206 e. The van der Waals surface area contributed by atoms with Crippen LogP contribution in [0.25, 0.3) is 10.7 Å². The van der Waals surface area contributed by atoms with E-state index in [9.17, 15) is 0 Å². The number of thiazole rings is 1. The summed E-state index contributed by atoms with van der Waals surface area (Å²) in [6.07, 6.45) is 1.75. The Balaban J connectivity index is 2.30. The fourth-order valence-corrected chi connectivity index (χ4v) is 2.40. The predicted molar refractivity (Wildman–Crippen MR) is 71.7 cm³/mol. The topological polar surface area (TPSA) is 116 Å². The number of rotatable bonds is 3. The van der Waals surface area contributed by atoms with Crippen molar-refractivity contribution in [2.75, 3.05) is 0 Å². The number of H-pyrrole nitrogens is 1. The lowest BCUT2D eigenvalue weighted by atomic mass is 10.3. The molecule has 18 heavy (non-hydrogen) atoms. The first-order valence-corrected chi connectivity index (χ1v) is 6.02. The van der Waals surface area contributed by atoms with Crippen LogP contribution in [0.1, 0.15) is 17.5 Å². The van der Waals surface area contributed by atoms with Crippen molar-refractivity contribution in [2.45, 2.75) is 13.8 Å². The molecule has 0 aliphatic heterocycles. The van der Waals surface area contributed by atoms with Crippen molar-refractivity contribution in [1.29, 1.82) is 5.41 Å². The van der Waals surface area contributed by atoms with E-state index in [1.54, 1.807) is 6.20 Å². The Hall–Kier alpha value is -2.22. The van der Waals surface area contributed by atoms with Gasteiger partial charge in [-0.15, -0.1) is 11.3 Å². The number of nitrogens with two attached hydrogens (primary N) is 1. The highest BCUT2D eigenvalue weighted by molar-refractivity contribution is 7.17. The van der Waals surface area contributed by atoms with E-state index < -0.39 is 0 Å². The van der Waals surface area contributed by atoms with Crippen LogP contribution in [0.5, 0.6) is 0 Å². The minimum absolute atomic E-state index is 0.191. The van der Waals surface area contributed by atoms with Gasteiger partial charge >= 0.3 is 0 Å². The van der Waals surface area contributed by atoms with E-state index in [0.29, 0.717) is 0 Å². The summed E-state index contributed by atoms with van der Waals surface area (Å²) in [7, 11) is 0. The first-order chi connectivity index (χ1) is 8.58. The van der Waals surface area contributed by atoms with Gasteiger partial charge in [-0.2, -0.15) is 10.2 Å². The molecule has 0 saturated carbocycles. The molecule has 2 aromatic rings. The Kier molecular flexibility index (Phi) is 3.38. The Labute approximate surface area is 108 Å². The van der Waals surface area contributed by atoms with Crippen LogP contribution in [-0.4, -0.2) is 26.9 Å². The normalized spacial score (nSPS) is 11.6. The van der Waals surface area contributed by atoms with Gasteiger partial charge in [0.2, 0.25) is 5.96 Å². The van der Waals surface area contributed by atoms with Gasteiger partial charge in [0.1, 0.15) is 10.7 Å². The first-order valence-electron chi connectivity index (χ1n) is 5.20. The summed E-state index contributed by atoms with van der Waals surface area (Å²) in [5.74, 6) is -0.191. The standard InChI is InChI=1S/C10H13N7S/c1-5-8(6(2)15-17-10(11)12)18-9(14-5)7-3-4-13-16-7/h3-4H,1-2H3,(H,13,16)(H4,11,12,17)/b15-6+. The Bertz CT molecular complexity index is 581. The van der Waals surface area contributed by atoms with Crippen LogP contribution >= 0.6 is 11.3 Å². The van der Waals surface area contributed by atoms with E-state index >= 15 is 0 Å². The molecule has 2 aromatic heterocycles. The summed E-state index contributed by atoms with van der Waals surface area (Å²) in [5.41, 5.74) is 10.0. The molecule has 0 spiro atoms. The smallest absolute Gasteiger partial charge is 0.206 e. The SMILES string of the molecule is C/C(=N\NC(=N)N)c1sc(-c2cc[nH]n2)nc1C. The Morgan fingerprint density at radius 3 is 3.00 bits per heavy atom. The molecule has 0 unspecified atom stereocenters. The maximum atomic E-state index is 7.06. The second kappa shape index (κ2) is 4.96. The van der Waals surface area contributed by atoms with Crippen molar-refractivity contribution in [2.24, 2.45) is 10.8 Å². The lowest BCUT2D eigenvalue weighted by Gasteiger charge is -1.98. The van der Waals surface area contributed by atoms with Crippen molar-refractivity contribution in [3.63, 3.8) is 0 Å². The minimum Gasteiger partial charge on any atom is -0.369 e. The number of aromatic nitrogens is 3. The van der Waals surface area contributed by atoms with Crippen molar-refractivity contribution >= 4 is 23.0 Å². The molecule has 2 rings (SSSR count). The molecule has 0 aliphatic rings. The van der Waals surface area contributed by atoms with Crippen LogP contribution in [0.15, 0.2) is 17.4 Å². The van der Waals surface area contributed by atoms with Gasteiger partial charge in [0.25, 0.3) is 0 Å². The van der Waals surface area contributed by atoms with E-state index in [-0.39, 0.29) is 5.96 Å². The average molecular weight is 263 g/mol. The molecule has 5 N–H and O–H groups in total. The summed E-state index contributed by atoms with van der Waals surface area (Å²) >= 11 is 1.50. The zero-order valence-electron chi connectivity index (χ0n) is 9.98. The molecule has 8 heteroatoms. The van der Waals surface area contributed by atoms with Crippen LogP contribution in [0.4, 0.5) is 0 Å². The second-order valence-electron chi connectivity index (χ2n) is 3.62. The molecule has 0 saturated heterocycles. The number of hydrazone groups is 1. The third-order valence-corrected chi connectivity index (χ3v) is 3.48. The molecule has 0 aliphatic carbocycles. The largest absolute Gasteiger partial charge is 0.369 e. The highest BCUT2D eigenvalue weighted by Crippen LogP contribution is 2.26. The third-order valence-electron chi connectivity index (χ3n) is 2.19. The van der Waals surface area contributed by atoms with Gasteiger partial charge in [0, 0.05) is 6.20 Å². The fraction of sp³-hybridized carbons (Fsp3) is 0.200. The van der Waals surface area contributed by atoms with Crippen LogP contribution in [0, 0.1) is 12.3 Å². The zero-order valence-corrected chi connectivity index (χ0v) is 10.8. The third kappa shape index (κ3) is 2.54. The van der Waals surface area contributed by atoms with Gasteiger partial charge in [-0.25, -0.2) is 10.4 Å². The molecule has 0 fully saturated rings. The Morgan fingerprint density at radius 1 is 1.61 bits per heavy atom.